The molecular weight excluding hydrogens is 294 g/mol. The van der Waals surface area contributed by atoms with E-state index in [1.807, 2.05) is 60.7 Å². The van der Waals surface area contributed by atoms with Crippen LogP contribution in [0, 0.1) is 0 Å². The smallest absolute Gasteiger partial charge is 0.235 e. The van der Waals surface area contributed by atoms with Gasteiger partial charge in [0.15, 0.2) is 5.16 Å². The van der Waals surface area contributed by atoms with Gasteiger partial charge in [0, 0.05) is 0 Å². The lowest BCUT2D eigenvalue weighted by Crippen LogP contribution is -2.19. The van der Waals surface area contributed by atoms with E-state index in [0.29, 0.717) is 5.16 Å². The Kier molecular flexibility index (Phi) is 4.25. The molecule has 3 aromatic rings. The van der Waals surface area contributed by atoms with Crippen molar-refractivity contribution in [1.82, 2.24) is 9.97 Å². The molecule has 5 heteroatoms. The average Bonchev–Trinajstić information content (AvgIpc) is 3.03. The molecule has 0 aliphatic carbocycles. The average molecular weight is 309 g/mol. The fraction of sp³-hybridized carbons (Fsp3) is 0.0588. The minimum Gasteiger partial charge on any atom is -0.368 e. The number of aromatic amines is 1. The van der Waals surface area contributed by atoms with Crippen LogP contribution < -0.4 is 5.73 Å². The summed E-state index contributed by atoms with van der Waals surface area (Å²) in [5.41, 5.74) is 8.37. The zero-order valence-electron chi connectivity index (χ0n) is 11.8. The number of carbonyl (C=O) groups is 1. The molecule has 0 aliphatic heterocycles. The van der Waals surface area contributed by atoms with Gasteiger partial charge in [0.05, 0.1) is 11.9 Å². The van der Waals surface area contributed by atoms with E-state index in [-0.39, 0.29) is 5.91 Å². The van der Waals surface area contributed by atoms with Gasteiger partial charge in [0.1, 0.15) is 5.25 Å². The SMILES string of the molecule is NC(=O)[C@@H](Sc1ncc(-c2ccccc2)[nH]1)c1ccccc1. The van der Waals surface area contributed by atoms with Gasteiger partial charge in [-0.1, -0.05) is 72.4 Å². The lowest BCUT2D eigenvalue weighted by Gasteiger charge is -2.11. The Morgan fingerprint density at radius 2 is 1.68 bits per heavy atom. The van der Waals surface area contributed by atoms with Gasteiger partial charge in [-0.25, -0.2) is 4.98 Å². The van der Waals surface area contributed by atoms with Crippen LogP contribution in [0.4, 0.5) is 0 Å². The van der Waals surface area contributed by atoms with E-state index < -0.39 is 5.25 Å². The topological polar surface area (TPSA) is 71.8 Å². The molecule has 2 aromatic carbocycles. The lowest BCUT2D eigenvalue weighted by molar-refractivity contribution is -0.117. The first-order valence-corrected chi connectivity index (χ1v) is 7.73. The number of hydrogen-bond acceptors (Lipinski definition) is 3. The molecular formula is C17H15N3OS. The van der Waals surface area contributed by atoms with E-state index in [2.05, 4.69) is 9.97 Å². The van der Waals surface area contributed by atoms with Gasteiger partial charge in [-0.2, -0.15) is 0 Å². The molecule has 110 valence electrons. The third-order valence-corrected chi connectivity index (χ3v) is 4.40. The Hall–Kier alpha value is -2.53. The third kappa shape index (κ3) is 3.20. The summed E-state index contributed by atoms with van der Waals surface area (Å²) in [5.74, 6) is -0.381. The zero-order valence-corrected chi connectivity index (χ0v) is 12.6. The highest BCUT2D eigenvalue weighted by Gasteiger charge is 2.20. The molecule has 0 saturated heterocycles. The van der Waals surface area contributed by atoms with Gasteiger partial charge in [-0.05, 0) is 11.1 Å². The lowest BCUT2D eigenvalue weighted by atomic mass is 10.1. The summed E-state index contributed by atoms with van der Waals surface area (Å²) in [6, 6.07) is 19.4. The molecule has 0 radical (unpaired) electrons. The molecule has 3 rings (SSSR count). The second-order valence-electron chi connectivity index (χ2n) is 4.78. The molecule has 1 atom stereocenters. The maximum Gasteiger partial charge on any atom is 0.235 e. The van der Waals surface area contributed by atoms with E-state index in [1.54, 1.807) is 6.20 Å². The number of rotatable bonds is 5. The third-order valence-electron chi connectivity index (χ3n) is 3.23. The maximum atomic E-state index is 11.7. The summed E-state index contributed by atoms with van der Waals surface area (Å²) < 4.78 is 0. The second-order valence-corrected chi connectivity index (χ2v) is 5.87. The molecule has 0 spiro atoms. The number of benzene rings is 2. The molecule has 0 saturated carbocycles. The Balaban J connectivity index is 1.83. The van der Waals surface area contributed by atoms with Crippen molar-refractivity contribution in [3.8, 4) is 11.3 Å². The highest BCUT2D eigenvalue weighted by Crippen LogP contribution is 2.34. The summed E-state index contributed by atoms with van der Waals surface area (Å²) in [4.78, 5) is 19.3. The summed E-state index contributed by atoms with van der Waals surface area (Å²) in [6.07, 6.45) is 1.76. The predicted octanol–water partition coefficient (Wildman–Crippen LogP) is 3.40. The molecule has 0 bridgehead atoms. The van der Waals surface area contributed by atoms with E-state index >= 15 is 0 Å². The number of amides is 1. The summed E-state index contributed by atoms with van der Waals surface area (Å²) in [7, 11) is 0. The molecule has 1 heterocycles. The summed E-state index contributed by atoms with van der Waals surface area (Å²) >= 11 is 1.32. The predicted molar refractivity (Wildman–Crippen MR) is 88.3 cm³/mol. The summed E-state index contributed by atoms with van der Waals surface area (Å²) in [6.45, 7) is 0. The van der Waals surface area contributed by atoms with E-state index in [1.165, 1.54) is 11.8 Å². The van der Waals surface area contributed by atoms with Gasteiger partial charge in [0.25, 0.3) is 0 Å². The quantitative estimate of drug-likeness (QED) is 0.710. The largest absolute Gasteiger partial charge is 0.368 e. The molecule has 0 unspecified atom stereocenters. The first kappa shape index (κ1) is 14.4. The molecule has 22 heavy (non-hydrogen) atoms. The Labute approximate surface area is 132 Å². The molecule has 1 amide bonds. The number of nitrogens with two attached hydrogens (primary N) is 1. The van der Waals surface area contributed by atoms with Crippen LogP contribution in [0.3, 0.4) is 0 Å². The van der Waals surface area contributed by atoms with Crippen molar-refractivity contribution in [2.75, 3.05) is 0 Å². The molecule has 0 fully saturated rings. The van der Waals surface area contributed by atoms with Gasteiger partial charge in [-0.3, -0.25) is 4.79 Å². The highest BCUT2D eigenvalue weighted by atomic mass is 32.2. The van der Waals surface area contributed by atoms with Gasteiger partial charge in [0.2, 0.25) is 5.91 Å². The van der Waals surface area contributed by atoms with Gasteiger partial charge in [-0.15, -0.1) is 0 Å². The van der Waals surface area contributed by atoms with Crippen molar-refractivity contribution in [1.29, 1.82) is 0 Å². The number of imidazole rings is 1. The number of carbonyl (C=O) groups excluding carboxylic acids is 1. The van der Waals surface area contributed by atoms with Crippen LogP contribution in [0.2, 0.25) is 0 Å². The number of aromatic nitrogens is 2. The first-order chi connectivity index (χ1) is 10.7. The van der Waals surface area contributed by atoms with Crippen LogP contribution >= 0.6 is 11.8 Å². The highest BCUT2D eigenvalue weighted by molar-refractivity contribution is 8.00. The Morgan fingerprint density at radius 1 is 1.05 bits per heavy atom. The van der Waals surface area contributed by atoms with E-state index in [9.17, 15) is 4.79 Å². The van der Waals surface area contributed by atoms with Crippen LogP contribution in [0.1, 0.15) is 10.8 Å². The van der Waals surface area contributed by atoms with Crippen molar-refractivity contribution in [2.45, 2.75) is 10.4 Å². The number of H-pyrrole nitrogens is 1. The monoisotopic (exact) mass is 309 g/mol. The minimum atomic E-state index is -0.462. The van der Waals surface area contributed by atoms with Crippen LogP contribution in [0.25, 0.3) is 11.3 Å². The van der Waals surface area contributed by atoms with Gasteiger partial charge < -0.3 is 10.7 Å². The Bertz CT molecular complexity index is 756. The standard InChI is InChI=1S/C17H15N3OS/c18-16(21)15(13-9-5-2-6-10-13)22-17-19-11-14(20-17)12-7-3-1-4-8-12/h1-11,15H,(H2,18,21)(H,19,20)/t15-/m0/s1. The number of hydrogen-bond donors (Lipinski definition) is 2. The van der Waals surface area contributed by atoms with Gasteiger partial charge >= 0.3 is 0 Å². The van der Waals surface area contributed by atoms with Crippen LogP contribution in [-0.2, 0) is 4.79 Å². The summed E-state index contributed by atoms with van der Waals surface area (Å²) in [5, 5.41) is 0.211. The molecule has 3 N–H and O–H groups in total. The second kappa shape index (κ2) is 6.49. The van der Waals surface area contributed by atoms with Crippen molar-refractivity contribution in [3.05, 3.63) is 72.4 Å². The molecule has 4 nitrogen and oxygen atoms in total. The maximum absolute atomic E-state index is 11.7. The number of thioether (sulfide) groups is 1. The van der Waals surface area contributed by atoms with Crippen molar-refractivity contribution < 1.29 is 4.79 Å². The van der Waals surface area contributed by atoms with Crippen molar-refractivity contribution in [2.24, 2.45) is 5.73 Å². The number of primary amides is 1. The Morgan fingerprint density at radius 3 is 2.32 bits per heavy atom. The molecule has 1 aromatic heterocycles. The zero-order chi connectivity index (χ0) is 15.4. The van der Waals surface area contributed by atoms with Crippen molar-refractivity contribution in [3.63, 3.8) is 0 Å². The van der Waals surface area contributed by atoms with E-state index in [4.69, 9.17) is 5.73 Å². The van der Waals surface area contributed by atoms with Crippen molar-refractivity contribution >= 4 is 17.7 Å². The molecule has 0 aliphatic rings. The normalized spacial score (nSPS) is 12.0. The van der Waals surface area contributed by atoms with Crippen LogP contribution in [0.5, 0.6) is 0 Å². The fourth-order valence-electron chi connectivity index (χ4n) is 2.16. The van der Waals surface area contributed by atoms with E-state index in [0.717, 1.165) is 16.8 Å². The van der Waals surface area contributed by atoms with Crippen LogP contribution in [0.15, 0.2) is 72.0 Å². The number of nitrogens with one attached hydrogen (secondary N) is 1. The number of nitrogens with zero attached hydrogens (tertiary/aromatic N) is 1. The van der Waals surface area contributed by atoms with Crippen LogP contribution in [-0.4, -0.2) is 15.9 Å². The fourth-order valence-corrected chi connectivity index (χ4v) is 3.07. The first-order valence-electron chi connectivity index (χ1n) is 6.85. The minimum absolute atomic E-state index is 0.381.